The van der Waals surface area contributed by atoms with Crippen LogP contribution in [0.2, 0.25) is 0 Å². The van der Waals surface area contributed by atoms with Crippen molar-refractivity contribution in [2.24, 2.45) is 0 Å². The third kappa shape index (κ3) is 3.05. The Hall–Kier alpha value is -2.47. The molecule has 1 amide bonds. The van der Waals surface area contributed by atoms with E-state index in [-0.39, 0.29) is 0 Å². The molecule has 2 aliphatic heterocycles. The molecular weight excluding hydrogens is 346 g/mol. The molecule has 1 aromatic carbocycles. The van der Waals surface area contributed by atoms with Crippen LogP contribution in [0.3, 0.4) is 0 Å². The molecule has 2 aromatic rings. The second-order valence-electron chi connectivity index (χ2n) is 6.83. The number of benzene rings is 1. The number of aromatic nitrogens is 1. The highest BCUT2D eigenvalue weighted by Crippen LogP contribution is 2.50. The minimum atomic E-state index is -0.841. The summed E-state index contributed by atoms with van der Waals surface area (Å²) in [5.74, 6) is 0.964. The van der Waals surface area contributed by atoms with E-state index in [1.165, 1.54) is 25.7 Å². The minimum absolute atomic E-state index is 0.393. The van der Waals surface area contributed by atoms with E-state index in [1.807, 2.05) is 12.3 Å². The van der Waals surface area contributed by atoms with Crippen molar-refractivity contribution in [1.29, 1.82) is 0 Å². The van der Waals surface area contributed by atoms with Crippen LogP contribution in [0.1, 0.15) is 13.8 Å². The fourth-order valence-electron chi connectivity index (χ4n) is 3.67. The second kappa shape index (κ2) is 6.68. The summed E-state index contributed by atoms with van der Waals surface area (Å²) in [6, 6.07) is 8.73. The quantitative estimate of drug-likeness (QED) is 0.779. The normalized spacial score (nSPS) is 21.7. The van der Waals surface area contributed by atoms with Crippen LogP contribution in [0.15, 0.2) is 57.3 Å². The Morgan fingerprint density at radius 2 is 1.92 bits per heavy atom. The second-order valence-corrected chi connectivity index (χ2v) is 9.05. The lowest BCUT2D eigenvalue weighted by molar-refractivity contribution is 0.142. The lowest BCUT2D eigenvalue weighted by Gasteiger charge is -2.34. The van der Waals surface area contributed by atoms with Crippen molar-refractivity contribution in [1.82, 2.24) is 9.88 Å². The van der Waals surface area contributed by atoms with E-state index >= 15 is 0 Å². The van der Waals surface area contributed by atoms with E-state index in [9.17, 15) is 4.79 Å². The summed E-state index contributed by atoms with van der Waals surface area (Å²) in [6.07, 6.45) is 3.27. The number of amides is 1. The number of hydrogen-bond donors (Lipinski definition) is 2. The minimum Gasteiger partial charge on any atom is -0.465 e. The molecule has 3 heterocycles. The van der Waals surface area contributed by atoms with Crippen molar-refractivity contribution >= 4 is 33.6 Å². The van der Waals surface area contributed by atoms with Crippen molar-refractivity contribution < 1.29 is 9.90 Å². The van der Waals surface area contributed by atoms with Crippen LogP contribution >= 0.6 is 10.9 Å². The van der Waals surface area contributed by atoms with Gasteiger partial charge in [0.1, 0.15) is 5.82 Å². The van der Waals surface area contributed by atoms with Gasteiger partial charge in [-0.3, -0.25) is 0 Å². The van der Waals surface area contributed by atoms with Crippen LogP contribution in [0, 0.1) is 0 Å². The zero-order chi connectivity index (χ0) is 18.3. The van der Waals surface area contributed by atoms with E-state index in [4.69, 9.17) is 5.11 Å². The van der Waals surface area contributed by atoms with Gasteiger partial charge in [0.2, 0.25) is 0 Å². The van der Waals surface area contributed by atoms with Gasteiger partial charge in [-0.15, -0.1) is 0 Å². The van der Waals surface area contributed by atoms with Crippen molar-refractivity contribution in [2.75, 3.05) is 31.1 Å². The van der Waals surface area contributed by atoms with E-state index in [1.54, 1.807) is 0 Å². The molecule has 6 heteroatoms. The Labute approximate surface area is 156 Å². The van der Waals surface area contributed by atoms with Crippen LogP contribution in [-0.2, 0) is 0 Å². The first-order chi connectivity index (χ1) is 12.5. The van der Waals surface area contributed by atoms with Gasteiger partial charge in [-0.2, -0.15) is 10.9 Å². The molecule has 1 aromatic heterocycles. The van der Waals surface area contributed by atoms with Crippen LogP contribution in [-0.4, -0.2) is 47.3 Å². The Kier molecular flexibility index (Phi) is 4.36. The highest BCUT2D eigenvalue weighted by molar-refractivity contribution is 8.23. The SMILES string of the molecule is CC1=C[SH](c2ccc3ccnc(N4CCN(C(=O)O)CC4)c3c2)C(C)=C1. The van der Waals surface area contributed by atoms with Gasteiger partial charge in [-0.05, 0) is 58.2 Å². The summed E-state index contributed by atoms with van der Waals surface area (Å²) >= 11 is 0. The molecule has 0 bridgehead atoms. The average Bonchev–Trinajstić information content (AvgIpc) is 2.99. The summed E-state index contributed by atoms with van der Waals surface area (Å²) in [7, 11) is -0.393. The summed E-state index contributed by atoms with van der Waals surface area (Å²) in [4.78, 5) is 22.2. The third-order valence-corrected chi connectivity index (χ3v) is 7.39. The van der Waals surface area contributed by atoms with E-state index in [0.29, 0.717) is 26.2 Å². The maximum atomic E-state index is 11.1. The predicted octanol–water partition coefficient (Wildman–Crippen LogP) is 4.22. The number of thiol groups is 1. The molecule has 0 radical (unpaired) electrons. The Balaban J connectivity index is 1.69. The van der Waals surface area contributed by atoms with Gasteiger partial charge in [0.05, 0.1) is 0 Å². The topological polar surface area (TPSA) is 56.7 Å². The van der Waals surface area contributed by atoms with E-state index in [2.05, 4.69) is 53.4 Å². The first kappa shape index (κ1) is 17.0. The van der Waals surface area contributed by atoms with Gasteiger partial charge < -0.3 is 14.9 Å². The van der Waals surface area contributed by atoms with Crippen LogP contribution < -0.4 is 4.90 Å². The monoisotopic (exact) mass is 369 g/mol. The number of rotatable bonds is 2. The van der Waals surface area contributed by atoms with Gasteiger partial charge in [-0.25, -0.2) is 9.78 Å². The number of anilines is 1. The molecule has 1 unspecified atom stereocenters. The lowest BCUT2D eigenvalue weighted by atomic mass is 10.1. The third-order valence-electron chi connectivity index (χ3n) is 5.01. The number of allylic oxidation sites excluding steroid dienone is 3. The number of piperazine rings is 1. The fraction of sp³-hybridized carbons (Fsp3) is 0.300. The van der Waals surface area contributed by atoms with Crippen molar-refractivity contribution in [3.05, 3.63) is 52.4 Å². The smallest absolute Gasteiger partial charge is 0.407 e. The van der Waals surface area contributed by atoms with Crippen LogP contribution in [0.4, 0.5) is 10.6 Å². The Morgan fingerprint density at radius 1 is 1.15 bits per heavy atom. The number of pyridine rings is 1. The highest BCUT2D eigenvalue weighted by Gasteiger charge is 2.23. The van der Waals surface area contributed by atoms with Crippen LogP contribution in [0.5, 0.6) is 0 Å². The van der Waals surface area contributed by atoms with E-state index in [0.717, 1.165) is 11.2 Å². The van der Waals surface area contributed by atoms with Crippen LogP contribution in [0.25, 0.3) is 10.8 Å². The summed E-state index contributed by atoms with van der Waals surface area (Å²) in [6.45, 7) is 6.75. The first-order valence-corrected chi connectivity index (χ1v) is 10.2. The number of hydrogen-bond acceptors (Lipinski definition) is 3. The van der Waals surface area contributed by atoms with Gasteiger partial charge >= 0.3 is 6.09 Å². The largest absolute Gasteiger partial charge is 0.465 e. The molecule has 0 spiro atoms. The molecule has 136 valence electrons. The fourth-order valence-corrected chi connectivity index (χ4v) is 5.76. The molecule has 26 heavy (non-hydrogen) atoms. The maximum Gasteiger partial charge on any atom is 0.407 e. The molecular formula is C20H23N3O2S. The van der Waals surface area contributed by atoms with Crippen molar-refractivity contribution in [3.8, 4) is 0 Å². The first-order valence-electron chi connectivity index (χ1n) is 8.80. The Morgan fingerprint density at radius 3 is 2.58 bits per heavy atom. The summed E-state index contributed by atoms with van der Waals surface area (Å²) in [5.41, 5.74) is 1.34. The molecule has 4 rings (SSSR count). The molecule has 1 fully saturated rings. The molecule has 0 aliphatic carbocycles. The number of fused-ring (bicyclic) bond motifs is 1. The summed E-state index contributed by atoms with van der Waals surface area (Å²) < 4.78 is 0. The zero-order valence-corrected chi connectivity index (χ0v) is 15.9. The molecule has 2 aliphatic rings. The maximum absolute atomic E-state index is 11.1. The van der Waals surface area contributed by atoms with Crippen molar-refractivity contribution in [3.63, 3.8) is 0 Å². The number of nitrogens with zero attached hydrogens (tertiary/aromatic N) is 3. The standard InChI is InChI=1S/C20H23N3O2S/c1-14-11-15(2)26(13-14)17-4-3-16-5-6-21-19(18(16)12-17)22-7-9-23(10-8-22)20(24)25/h3-6,11-13,26H,7-10H2,1-2H3,(H,24,25). The van der Waals surface area contributed by atoms with E-state index < -0.39 is 17.0 Å². The highest BCUT2D eigenvalue weighted by atomic mass is 32.2. The molecule has 0 saturated carbocycles. The molecule has 1 atom stereocenters. The van der Waals surface area contributed by atoms with Crippen molar-refractivity contribution in [2.45, 2.75) is 18.7 Å². The molecule has 1 saturated heterocycles. The van der Waals surface area contributed by atoms with Gasteiger partial charge in [0, 0.05) is 37.8 Å². The Bertz CT molecular complexity index is 930. The van der Waals surface area contributed by atoms with Gasteiger partial charge in [-0.1, -0.05) is 12.1 Å². The molecule has 1 N–H and O–H groups in total. The zero-order valence-electron chi connectivity index (χ0n) is 15.0. The van der Waals surface area contributed by atoms with Gasteiger partial charge in [0.15, 0.2) is 0 Å². The summed E-state index contributed by atoms with van der Waals surface area (Å²) in [5, 5.41) is 13.9. The number of carbonyl (C=O) groups is 1. The average molecular weight is 369 g/mol. The predicted molar refractivity (Wildman–Crippen MR) is 108 cm³/mol. The van der Waals surface area contributed by atoms with Gasteiger partial charge in [0.25, 0.3) is 0 Å². The molecule has 5 nitrogen and oxygen atoms in total. The lowest BCUT2D eigenvalue weighted by Crippen LogP contribution is -2.48. The number of carboxylic acid groups (broad SMARTS) is 1.